The highest BCUT2D eigenvalue weighted by atomic mass is 35.7. The van der Waals surface area contributed by atoms with Gasteiger partial charge in [0.05, 0.1) is 18.1 Å². The molecule has 1 heterocycles. The van der Waals surface area contributed by atoms with Crippen molar-refractivity contribution in [2.45, 2.75) is 4.90 Å². The summed E-state index contributed by atoms with van der Waals surface area (Å²) in [5.41, 5.74) is 0.794. The van der Waals surface area contributed by atoms with Gasteiger partial charge in [-0.25, -0.2) is 13.2 Å². The number of aryl methyl sites for hydroxylation is 2. The molecule has 0 fully saturated rings. The van der Waals surface area contributed by atoms with Gasteiger partial charge in [-0.05, 0) is 6.07 Å². The summed E-state index contributed by atoms with van der Waals surface area (Å²) >= 11 is 0. The van der Waals surface area contributed by atoms with Gasteiger partial charge < -0.3 is 4.74 Å². The molecule has 8 heteroatoms. The van der Waals surface area contributed by atoms with E-state index in [-0.39, 0.29) is 16.3 Å². The van der Waals surface area contributed by atoms with Crippen molar-refractivity contribution < 1.29 is 13.2 Å². The maximum Gasteiger partial charge on any atom is 0.328 e. The Kier molecular flexibility index (Phi) is 2.90. The lowest BCUT2D eigenvalue weighted by molar-refractivity contribution is 0.404. The lowest BCUT2D eigenvalue weighted by Crippen LogP contribution is -2.19. The van der Waals surface area contributed by atoms with Crippen LogP contribution < -0.4 is 10.4 Å². The summed E-state index contributed by atoms with van der Waals surface area (Å²) in [5, 5.41) is 0. The van der Waals surface area contributed by atoms with E-state index in [1.807, 2.05) is 0 Å². The van der Waals surface area contributed by atoms with E-state index in [2.05, 4.69) is 0 Å². The van der Waals surface area contributed by atoms with Gasteiger partial charge in [0.15, 0.2) is 0 Å². The summed E-state index contributed by atoms with van der Waals surface area (Å²) in [6, 6.07) is 2.81. The van der Waals surface area contributed by atoms with Crippen molar-refractivity contribution in [2.24, 2.45) is 14.1 Å². The first-order valence-electron chi connectivity index (χ1n) is 4.95. The van der Waals surface area contributed by atoms with Crippen LogP contribution in [0.3, 0.4) is 0 Å². The highest BCUT2D eigenvalue weighted by Gasteiger charge is 2.20. The van der Waals surface area contributed by atoms with E-state index in [0.717, 1.165) is 0 Å². The summed E-state index contributed by atoms with van der Waals surface area (Å²) in [4.78, 5) is 11.6. The van der Waals surface area contributed by atoms with Gasteiger partial charge in [-0.3, -0.25) is 9.13 Å². The van der Waals surface area contributed by atoms with E-state index in [0.29, 0.717) is 11.0 Å². The fourth-order valence-corrected chi connectivity index (χ4v) is 2.85. The molecule has 98 valence electrons. The van der Waals surface area contributed by atoms with Crippen molar-refractivity contribution >= 4 is 30.8 Å². The van der Waals surface area contributed by atoms with Crippen molar-refractivity contribution in [3.63, 3.8) is 0 Å². The molecule has 0 aliphatic carbocycles. The van der Waals surface area contributed by atoms with Crippen molar-refractivity contribution in [3.8, 4) is 5.75 Å². The van der Waals surface area contributed by atoms with Crippen molar-refractivity contribution in [1.29, 1.82) is 0 Å². The van der Waals surface area contributed by atoms with Crippen LogP contribution in [0.2, 0.25) is 0 Å². The lowest BCUT2D eigenvalue weighted by atomic mass is 10.3. The Balaban J connectivity index is 3.00. The van der Waals surface area contributed by atoms with Crippen LogP contribution in [0.25, 0.3) is 11.0 Å². The number of hydrogen-bond donors (Lipinski definition) is 0. The smallest absolute Gasteiger partial charge is 0.328 e. The van der Waals surface area contributed by atoms with Crippen LogP contribution in [0, 0.1) is 0 Å². The third-order valence-electron chi connectivity index (χ3n) is 2.82. The van der Waals surface area contributed by atoms with Gasteiger partial charge in [-0.1, -0.05) is 0 Å². The minimum absolute atomic E-state index is 0.110. The number of methoxy groups -OCH3 is 1. The van der Waals surface area contributed by atoms with E-state index in [4.69, 9.17) is 15.4 Å². The van der Waals surface area contributed by atoms with E-state index in [9.17, 15) is 13.2 Å². The summed E-state index contributed by atoms with van der Waals surface area (Å²) in [6.07, 6.45) is 0. The average Bonchev–Trinajstić information content (AvgIpc) is 2.52. The Morgan fingerprint density at radius 3 is 2.11 bits per heavy atom. The molecule has 0 amide bonds. The van der Waals surface area contributed by atoms with Crippen molar-refractivity contribution in [2.75, 3.05) is 7.11 Å². The zero-order chi connectivity index (χ0) is 13.7. The average molecular weight is 291 g/mol. The molecular formula is C10H11ClN2O4S. The molecule has 0 spiro atoms. The number of imidazole rings is 1. The van der Waals surface area contributed by atoms with Gasteiger partial charge in [-0.15, -0.1) is 0 Å². The highest BCUT2D eigenvalue weighted by Crippen LogP contribution is 2.30. The first-order valence-corrected chi connectivity index (χ1v) is 7.26. The zero-order valence-electron chi connectivity index (χ0n) is 9.97. The number of aromatic nitrogens is 2. The fourth-order valence-electron chi connectivity index (χ4n) is 1.86. The predicted octanol–water partition coefficient (Wildman–Crippen LogP) is 0.813. The quantitative estimate of drug-likeness (QED) is 0.768. The Morgan fingerprint density at radius 2 is 1.67 bits per heavy atom. The van der Waals surface area contributed by atoms with Gasteiger partial charge in [0, 0.05) is 30.8 Å². The number of nitrogens with zero attached hydrogens (tertiary/aromatic N) is 2. The van der Waals surface area contributed by atoms with Crippen LogP contribution in [0.1, 0.15) is 0 Å². The SMILES string of the molecule is COc1cc2c(cc1S(=O)(=O)Cl)n(C)c(=O)n2C. The van der Waals surface area contributed by atoms with Crippen LogP contribution in [0.4, 0.5) is 0 Å². The Morgan fingerprint density at radius 1 is 1.17 bits per heavy atom. The van der Waals surface area contributed by atoms with E-state index in [1.165, 1.54) is 28.4 Å². The molecule has 0 atom stereocenters. The molecule has 0 radical (unpaired) electrons. The number of rotatable bonds is 2. The predicted molar refractivity (Wildman–Crippen MR) is 67.8 cm³/mol. The number of ether oxygens (including phenoxy) is 1. The van der Waals surface area contributed by atoms with Gasteiger partial charge in [0.1, 0.15) is 10.6 Å². The molecule has 0 aliphatic rings. The molecule has 0 unspecified atom stereocenters. The second-order valence-corrected chi connectivity index (χ2v) is 6.36. The number of fused-ring (bicyclic) bond motifs is 1. The van der Waals surface area contributed by atoms with E-state index in [1.54, 1.807) is 14.1 Å². The topological polar surface area (TPSA) is 70.3 Å². The molecule has 6 nitrogen and oxygen atoms in total. The molecule has 0 aliphatic heterocycles. The molecule has 1 aromatic heterocycles. The summed E-state index contributed by atoms with van der Waals surface area (Å²) in [7, 11) is 5.90. The van der Waals surface area contributed by atoms with Crippen LogP contribution in [-0.4, -0.2) is 24.7 Å². The molecular weight excluding hydrogens is 280 g/mol. The van der Waals surface area contributed by atoms with Crippen molar-refractivity contribution in [3.05, 3.63) is 22.6 Å². The molecule has 0 saturated heterocycles. The summed E-state index contributed by atoms with van der Waals surface area (Å²) in [6.45, 7) is 0. The third kappa shape index (κ3) is 1.79. The van der Waals surface area contributed by atoms with Crippen LogP contribution in [0.15, 0.2) is 21.8 Å². The van der Waals surface area contributed by atoms with Crippen LogP contribution in [-0.2, 0) is 23.1 Å². The second-order valence-electron chi connectivity index (χ2n) is 3.83. The van der Waals surface area contributed by atoms with Crippen LogP contribution >= 0.6 is 10.7 Å². The maximum atomic E-state index is 11.8. The standard InChI is InChI=1S/C10H11ClN2O4S/c1-12-6-4-8(17-3)9(18(11,15)16)5-7(6)13(2)10(12)14/h4-5H,1-3H3. The summed E-state index contributed by atoms with van der Waals surface area (Å²) in [5.74, 6) is 0.110. The second kappa shape index (κ2) is 4.03. The Labute approximate surface area is 108 Å². The lowest BCUT2D eigenvalue weighted by Gasteiger charge is -2.06. The Bertz CT molecular complexity index is 788. The van der Waals surface area contributed by atoms with Gasteiger partial charge in [0.2, 0.25) is 0 Å². The largest absolute Gasteiger partial charge is 0.495 e. The number of halogens is 1. The minimum atomic E-state index is -3.93. The normalized spacial score (nSPS) is 12.0. The van der Waals surface area contributed by atoms with Crippen LogP contribution in [0.5, 0.6) is 5.75 Å². The maximum absolute atomic E-state index is 11.8. The molecule has 2 rings (SSSR count). The first kappa shape index (κ1) is 13.0. The van der Waals surface area contributed by atoms with Gasteiger partial charge in [0.25, 0.3) is 9.05 Å². The number of benzene rings is 1. The molecule has 1 aromatic carbocycles. The van der Waals surface area contributed by atoms with Gasteiger partial charge in [-0.2, -0.15) is 0 Å². The third-order valence-corrected chi connectivity index (χ3v) is 4.16. The zero-order valence-corrected chi connectivity index (χ0v) is 11.5. The van der Waals surface area contributed by atoms with E-state index < -0.39 is 9.05 Å². The monoisotopic (exact) mass is 290 g/mol. The summed E-state index contributed by atoms with van der Waals surface area (Å²) < 4.78 is 30.6. The Hall–Kier alpha value is -1.47. The molecule has 0 saturated carbocycles. The minimum Gasteiger partial charge on any atom is -0.495 e. The fraction of sp³-hybridized carbons (Fsp3) is 0.300. The van der Waals surface area contributed by atoms with Gasteiger partial charge >= 0.3 is 5.69 Å². The van der Waals surface area contributed by atoms with E-state index >= 15 is 0 Å². The molecule has 0 N–H and O–H groups in total. The molecule has 18 heavy (non-hydrogen) atoms. The number of hydrogen-bond acceptors (Lipinski definition) is 4. The first-order chi connectivity index (χ1) is 8.27. The molecule has 0 bridgehead atoms. The molecule has 2 aromatic rings. The highest BCUT2D eigenvalue weighted by molar-refractivity contribution is 8.13. The van der Waals surface area contributed by atoms with Crippen molar-refractivity contribution in [1.82, 2.24) is 9.13 Å².